The van der Waals surface area contributed by atoms with E-state index in [9.17, 15) is 0 Å². The van der Waals surface area contributed by atoms with Gasteiger partial charge in [-0.2, -0.15) is 0 Å². The molecule has 1 unspecified atom stereocenters. The third-order valence-corrected chi connectivity index (χ3v) is 7.32. The Hall–Kier alpha value is 0.544. The summed E-state index contributed by atoms with van der Waals surface area (Å²) in [4.78, 5) is 1.43. The van der Waals surface area contributed by atoms with Crippen molar-refractivity contribution in [1.29, 1.82) is 0 Å². The van der Waals surface area contributed by atoms with E-state index >= 15 is 0 Å². The Balaban J connectivity index is 2.30. The molecule has 2 bridgehead atoms. The van der Waals surface area contributed by atoms with E-state index in [1.54, 1.807) is 0 Å². The van der Waals surface area contributed by atoms with E-state index in [0.29, 0.717) is 25.7 Å². The molecule has 0 N–H and O–H groups in total. The van der Waals surface area contributed by atoms with Crippen LogP contribution in [0.2, 0.25) is 9.63 Å². The maximum atomic E-state index is 5.93. The molecule has 2 fully saturated rings. The minimum atomic E-state index is 0.0381. The molecule has 66 valence electrons. The average molecular weight is 229 g/mol. The summed E-state index contributed by atoms with van der Waals surface area (Å²) >= 11 is 0.701. The Kier molecular flexibility index (Phi) is 2.10. The van der Waals surface area contributed by atoms with Crippen LogP contribution in [0.1, 0.15) is 27.2 Å². The summed E-state index contributed by atoms with van der Waals surface area (Å²) < 4.78 is 5.91. The Bertz CT molecular complexity index is 199. The van der Waals surface area contributed by atoms with Gasteiger partial charge in [-0.25, -0.2) is 0 Å². The fourth-order valence-corrected chi connectivity index (χ4v) is 6.50. The number of hydrogen-bond acceptors (Lipinski definition) is 1. The Labute approximate surface area is 82.2 Å². The molecule has 2 aliphatic heterocycles. The van der Waals surface area contributed by atoms with E-state index < -0.39 is 0 Å². The van der Waals surface area contributed by atoms with E-state index in [1.165, 1.54) is 0 Å². The third-order valence-electron chi connectivity index (χ3n) is 3.54. The van der Waals surface area contributed by atoms with Gasteiger partial charge in [0.15, 0.2) is 0 Å². The second-order valence-electron chi connectivity index (χ2n) is 3.92. The van der Waals surface area contributed by atoms with Crippen molar-refractivity contribution in [3.8, 4) is 0 Å². The molecule has 0 aromatic heterocycles. The molecule has 0 spiro atoms. The first-order valence-corrected chi connectivity index (χ1v) is 6.68. The summed E-state index contributed by atoms with van der Waals surface area (Å²) in [5.74, 6) is 0.687. The van der Waals surface area contributed by atoms with Gasteiger partial charge in [0, 0.05) is 0 Å². The summed E-state index contributed by atoms with van der Waals surface area (Å²) in [7, 11) is 5.93. The Morgan fingerprint density at radius 3 is 2.50 bits per heavy atom. The van der Waals surface area contributed by atoms with Gasteiger partial charge >= 0.3 is 81.9 Å². The number of fused-ring (bicyclic) bond motifs is 2. The molecular formula is C9H15BOSe. The first kappa shape index (κ1) is 9.11. The van der Waals surface area contributed by atoms with Crippen molar-refractivity contribution in [2.45, 2.75) is 48.4 Å². The molecule has 12 heavy (non-hydrogen) atoms. The van der Waals surface area contributed by atoms with E-state index in [1.807, 2.05) is 0 Å². The molecule has 3 heteroatoms. The molecule has 1 nitrogen and oxygen atoms in total. The second-order valence-corrected chi connectivity index (χ2v) is 7.12. The van der Waals surface area contributed by atoms with Crippen molar-refractivity contribution in [2.75, 3.05) is 0 Å². The van der Waals surface area contributed by atoms with Gasteiger partial charge < -0.3 is 0 Å². The SMILES string of the molecule is [B][C@@H]1O[C@@]2(CC)[C@H](C)[Se]C1[C@H]2C. The van der Waals surface area contributed by atoms with Crippen molar-refractivity contribution in [3.05, 3.63) is 0 Å². The van der Waals surface area contributed by atoms with Gasteiger partial charge in [-0.05, 0) is 0 Å². The normalized spacial score (nSPS) is 57.9. The van der Waals surface area contributed by atoms with Crippen LogP contribution in [0.4, 0.5) is 0 Å². The van der Waals surface area contributed by atoms with Crippen molar-refractivity contribution < 1.29 is 4.74 Å². The Morgan fingerprint density at radius 2 is 2.17 bits per heavy atom. The van der Waals surface area contributed by atoms with Crippen molar-refractivity contribution in [2.24, 2.45) is 5.92 Å². The summed E-state index contributed by atoms with van der Waals surface area (Å²) in [5.41, 5.74) is 0.143. The van der Waals surface area contributed by atoms with E-state index in [4.69, 9.17) is 12.6 Å². The zero-order valence-corrected chi connectivity index (χ0v) is 9.62. The fraction of sp³-hybridized carbons (Fsp3) is 1.00. The quantitative estimate of drug-likeness (QED) is 0.620. The van der Waals surface area contributed by atoms with Gasteiger partial charge in [-0.3, -0.25) is 0 Å². The van der Waals surface area contributed by atoms with Crippen LogP contribution in [0, 0.1) is 5.92 Å². The predicted octanol–water partition coefficient (Wildman–Crippen LogP) is 1.61. The van der Waals surface area contributed by atoms with Crippen LogP contribution < -0.4 is 0 Å². The van der Waals surface area contributed by atoms with Crippen LogP contribution >= 0.6 is 0 Å². The van der Waals surface area contributed by atoms with Gasteiger partial charge in [-0.15, -0.1) is 0 Å². The summed E-state index contributed by atoms with van der Waals surface area (Å²) in [5, 5.41) is 0. The van der Waals surface area contributed by atoms with Crippen LogP contribution in [0.15, 0.2) is 0 Å². The summed E-state index contributed by atoms with van der Waals surface area (Å²) in [6.45, 7) is 6.86. The molecule has 0 aromatic rings. The van der Waals surface area contributed by atoms with Crippen molar-refractivity contribution >= 4 is 22.8 Å². The number of hydrogen-bond donors (Lipinski definition) is 0. The van der Waals surface area contributed by atoms with E-state index in [0.717, 1.165) is 11.2 Å². The topological polar surface area (TPSA) is 9.23 Å². The molecule has 2 heterocycles. The maximum absolute atomic E-state index is 5.93. The second kappa shape index (κ2) is 2.77. The molecule has 0 amide bonds. The molecule has 0 saturated carbocycles. The van der Waals surface area contributed by atoms with Crippen LogP contribution in [-0.2, 0) is 4.74 Å². The van der Waals surface area contributed by atoms with Gasteiger partial charge in [0.2, 0.25) is 0 Å². The van der Waals surface area contributed by atoms with Gasteiger partial charge in [0.25, 0.3) is 0 Å². The van der Waals surface area contributed by atoms with Crippen LogP contribution in [0.25, 0.3) is 0 Å². The van der Waals surface area contributed by atoms with Crippen LogP contribution in [0.5, 0.6) is 0 Å². The molecule has 0 aromatic carbocycles. The summed E-state index contributed by atoms with van der Waals surface area (Å²) in [6, 6.07) is 0.0381. The monoisotopic (exact) mass is 230 g/mol. The van der Waals surface area contributed by atoms with E-state index in [2.05, 4.69) is 20.8 Å². The third kappa shape index (κ3) is 0.907. The molecule has 2 saturated heterocycles. The first-order valence-electron chi connectivity index (χ1n) is 4.70. The molecule has 2 radical (unpaired) electrons. The molecule has 0 aliphatic carbocycles. The number of ether oxygens (including phenoxy) is 1. The van der Waals surface area contributed by atoms with Crippen LogP contribution in [0.3, 0.4) is 0 Å². The predicted molar refractivity (Wildman–Crippen MR) is 51.7 cm³/mol. The Morgan fingerprint density at radius 1 is 1.50 bits per heavy atom. The standard InChI is InChI=1S/C9H15BOSe/c1-4-9-5(2)7(8(10)11-9)12-6(9)3/h5-8H,4H2,1-3H3/t5-,6+,7?,8-,9-/m1/s1. The molecule has 2 rings (SSSR count). The molecule has 2 aliphatic rings. The van der Waals surface area contributed by atoms with Gasteiger partial charge in [-0.1, -0.05) is 0 Å². The summed E-state index contributed by atoms with van der Waals surface area (Å²) in [6.07, 6.45) is 1.13. The zero-order chi connectivity index (χ0) is 8.93. The zero-order valence-electron chi connectivity index (χ0n) is 7.91. The van der Waals surface area contributed by atoms with Gasteiger partial charge in [0.1, 0.15) is 0 Å². The van der Waals surface area contributed by atoms with Crippen LogP contribution in [-0.4, -0.2) is 34.4 Å². The first-order chi connectivity index (χ1) is 5.62. The fourth-order valence-electron chi connectivity index (χ4n) is 2.70. The molecule has 5 atom stereocenters. The van der Waals surface area contributed by atoms with Gasteiger partial charge in [0.05, 0.1) is 0 Å². The van der Waals surface area contributed by atoms with E-state index in [-0.39, 0.29) is 11.6 Å². The van der Waals surface area contributed by atoms with Crippen molar-refractivity contribution in [1.82, 2.24) is 0 Å². The average Bonchev–Trinajstić information content (AvgIpc) is 2.41. The molecular weight excluding hydrogens is 214 g/mol. The van der Waals surface area contributed by atoms with Crippen molar-refractivity contribution in [3.63, 3.8) is 0 Å². The minimum absolute atomic E-state index is 0.0381. The number of rotatable bonds is 1.